The Morgan fingerprint density at radius 3 is 3.00 bits per heavy atom. The third kappa shape index (κ3) is 2.81. The van der Waals surface area contributed by atoms with Gasteiger partial charge in [-0.3, -0.25) is 4.90 Å². The number of aromatic nitrogens is 1. The molecule has 0 bridgehead atoms. The van der Waals surface area contributed by atoms with E-state index < -0.39 is 0 Å². The number of rotatable bonds is 4. The van der Waals surface area contributed by atoms with E-state index in [-0.39, 0.29) is 6.61 Å². The Morgan fingerprint density at radius 2 is 2.20 bits per heavy atom. The first kappa shape index (κ1) is 13.8. The van der Waals surface area contributed by atoms with Crippen LogP contribution >= 0.6 is 0 Å². The molecule has 4 heteroatoms. The molecular weight excluding hydrogens is 250 g/mol. The lowest BCUT2D eigenvalue weighted by Crippen LogP contribution is -2.50. The van der Waals surface area contributed by atoms with E-state index in [0.717, 1.165) is 49.6 Å². The van der Waals surface area contributed by atoms with E-state index in [9.17, 15) is 5.11 Å². The number of aliphatic hydroxyl groups excluding tert-OH is 1. The van der Waals surface area contributed by atoms with Crippen LogP contribution in [-0.2, 0) is 13.0 Å². The van der Waals surface area contributed by atoms with Gasteiger partial charge in [-0.25, -0.2) is 4.98 Å². The molecule has 1 aromatic heterocycles. The van der Waals surface area contributed by atoms with E-state index in [1.54, 1.807) is 0 Å². The first-order chi connectivity index (χ1) is 9.80. The summed E-state index contributed by atoms with van der Waals surface area (Å²) in [5.74, 6) is 1.06. The molecule has 2 aliphatic heterocycles. The maximum atomic E-state index is 9.45. The minimum Gasteiger partial charge on any atom is -0.392 e. The number of anilines is 1. The van der Waals surface area contributed by atoms with Crippen LogP contribution in [0.25, 0.3) is 0 Å². The fourth-order valence-electron chi connectivity index (χ4n) is 3.47. The Labute approximate surface area is 121 Å². The van der Waals surface area contributed by atoms with Crippen LogP contribution in [0, 0.1) is 0 Å². The molecule has 3 heterocycles. The zero-order chi connectivity index (χ0) is 13.9. The van der Waals surface area contributed by atoms with Crippen molar-refractivity contribution in [1.29, 1.82) is 0 Å². The van der Waals surface area contributed by atoms with Crippen molar-refractivity contribution >= 4 is 5.82 Å². The molecule has 0 aromatic carbocycles. The highest BCUT2D eigenvalue weighted by Crippen LogP contribution is 2.25. The molecule has 2 fully saturated rings. The molecule has 1 atom stereocenters. The van der Waals surface area contributed by atoms with Crippen molar-refractivity contribution in [3.05, 3.63) is 23.4 Å². The van der Waals surface area contributed by atoms with Gasteiger partial charge in [-0.05, 0) is 43.5 Å². The minimum absolute atomic E-state index is 0.107. The van der Waals surface area contributed by atoms with Crippen molar-refractivity contribution in [1.82, 2.24) is 9.88 Å². The van der Waals surface area contributed by atoms with Crippen molar-refractivity contribution in [3.63, 3.8) is 0 Å². The lowest BCUT2D eigenvalue weighted by Gasteiger charge is -2.38. The maximum Gasteiger partial charge on any atom is 0.129 e. The molecule has 2 aliphatic rings. The molecule has 1 N–H and O–H groups in total. The minimum atomic E-state index is 0.107. The smallest absolute Gasteiger partial charge is 0.129 e. The molecule has 0 radical (unpaired) electrons. The largest absolute Gasteiger partial charge is 0.392 e. The molecular formula is C16H25N3O. The predicted octanol–water partition coefficient (Wildman–Crippen LogP) is 1.81. The van der Waals surface area contributed by atoms with Crippen LogP contribution in [0.1, 0.15) is 37.4 Å². The van der Waals surface area contributed by atoms with Crippen LogP contribution in [0.3, 0.4) is 0 Å². The lowest BCUT2D eigenvalue weighted by atomic mass is 10.1. The summed E-state index contributed by atoms with van der Waals surface area (Å²) in [6.07, 6.45) is 4.74. The summed E-state index contributed by atoms with van der Waals surface area (Å²) >= 11 is 0. The van der Waals surface area contributed by atoms with Crippen molar-refractivity contribution in [2.75, 3.05) is 31.1 Å². The fraction of sp³-hybridized carbons (Fsp3) is 0.688. The summed E-state index contributed by atoms with van der Waals surface area (Å²) in [4.78, 5) is 9.82. The van der Waals surface area contributed by atoms with Crippen LogP contribution in [0.5, 0.6) is 0 Å². The quantitative estimate of drug-likeness (QED) is 0.910. The highest BCUT2D eigenvalue weighted by atomic mass is 16.3. The van der Waals surface area contributed by atoms with Gasteiger partial charge in [-0.15, -0.1) is 0 Å². The van der Waals surface area contributed by atoms with Gasteiger partial charge in [0.25, 0.3) is 0 Å². The van der Waals surface area contributed by atoms with Gasteiger partial charge in [0, 0.05) is 31.4 Å². The Balaban J connectivity index is 1.79. The Morgan fingerprint density at radius 1 is 1.30 bits per heavy atom. The number of aryl methyl sites for hydroxylation is 1. The SMILES string of the molecule is CCCc1cc(CO)cc(N2CCN3CCCC3C2)n1. The molecule has 20 heavy (non-hydrogen) atoms. The van der Waals surface area contributed by atoms with Crippen molar-refractivity contribution < 1.29 is 5.11 Å². The van der Waals surface area contributed by atoms with Gasteiger partial charge in [-0.1, -0.05) is 13.3 Å². The number of aliphatic hydroxyl groups is 1. The average molecular weight is 275 g/mol. The average Bonchev–Trinajstić information content (AvgIpc) is 2.94. The second-order valence-electron chi connectivity index (χ2n) is 6.01. The van der Waals surface area contributed by atoms with E-state index >= 15 is 0 Å². The van der Waals surface area contributed by atoms with Gasteiger partial charge in [0.1, 0.15) is 5.82 Å². The Bertz CT molecular complexity index is 463. The normalized spacial score (nSPS) is 23.1. The van der Waals surface area contributed by atoms with E-state index in [1.807, 2.05) is 6.07 Å². The number of hydrogen-bond donors (Lipinski definition) is 1. The molecule has 0 amide bonds. The Kier molecular flexibility index (Phi) is 4.22. The second kappa shape index (κ2) is 6.10. The molecule has 1 unspecified atom stereocenters. The van der Waals surface area contributed by atoms with Crippen molar-refractivity contribution in [3.8, 4) is 0 Å². The summed E-state index contributed by atoms with van der Waals surface area (Å²) in [6, 6.07) is 4.81. The van der Waals surface area contributed by atoms with Crippen LogP contribution < -0.4 is 4.90 Å². The van der Waals surface area contributed by atoms with Gasteiger partial charge in [0.15, 0.2) is 0 Å². The van der Waals surface area contributed by atoms with Gasteiger partial charge in [0.2, 0.25) is 0 Å². The zero-order valence-corrected chi connectivity index (χ0v) is 12.4. The second-order valence-corrected chi connectivity index (χ2v) is 6.01. The summed E-state index contributed by atoms with van der Waals surface area (Å²) in [6.45, 7) is 6.85. The predicted molar refractivity (Wildman–Crippen MR) is 81.0 cm³/mol. The third-order valence-corrected chi connectivity index (χ3v) is 4.52. The number of nitrogens with zero attached hydrogens (tertiary/aromatic N) is 3. The molecule has 1 aromatic rings. The molecule has 0 aliphatic carbocycles. The summed E-state index contributed by atoms with van der Waals surface area (Å²) in [7, 11) is 0. The number of hydrogen-bond acceptors (Lipinski definition) is 4. The molecule has 110 valence electrons. The van der Waals surface area contributed by atoms with Crippen LogP contribution in [0.15, 0.2) is 12.1 Å². The van der Waals surface area contributed by atoms with E-state index in [1.165, 1.54) is 19.4 Å². The molecule has 3 rings (SSSR count). The molecule has 0 spiro atoms. The molecule has 0 saturated carbocycles. The fourth-order valence-corrected chi connectivity index (χ4v) is 3.47. The monoisotopic (exact) mass is 275 g/mol. The van der Waals surface area contributed by atoms with Gasteiger partial charge >= 0.3 is 0 Å². The van der Waals surface area contributed by atoms with E-state index in [0.29, 0.717) is 6.04 Å². The Hall–Kier alpha value is -1.13. The summed E-state index contributed by atoms with van der Waals surface area (Å²) in [5.41, 5.74) is 2.11. The van der Waals surface area contributed by atoms with E-state index in [4.69, 9.17) is 4.98 Å². The lowest BCUT2D eigenvalue weighted by molar-refractivity contribution is 0.230. The van der Waals surface area contributed by atoms with Crippen molar-refractivity contribution in [2.45, 2.75) is 45.3 Å². The van der Waals surface area contributed by atoms with Gasteiger partial charge in [-0.2, -0.15) is 0 Å². The number of pyridine rings is 1. The molecule has 2 saturated heterocycles. The van der Waals surface area contributed by atoms with Crippen molar-refractivity contribution in [2.24, 2.45) is 0 Å². The third-order valence-electron chi connectivity index (χ3n) is 4.52. The first-order valence-electron chi connectivity index (χ1n) is 7.90. The number of fused-ring (bicyclic) bond motifs is 1. The van der Waals surface area contributed by atoms with Gasteiger partial charge < -0.3 is 10.0 Å². The first-order valence-corrected chi connectivity index (χ1v) is 7.90. The highest BCUT2D eigenvalue weighted by molar-refractivity contribution is 5.43. The van der Waals surface area contributed by atoms with Crippen LogP contribution in [0.2, 0.25) is 0 Å². The van der Waals surface area contributed by atoms with Crippen LogP contribution in [-0.4, -0.2) is 47.2 Å². The summed E-state index contributed by atoms with van der Waals surface area (Å²) in [5, 5.41) is 9.45. The van der Waals surface area contributed by atoms with Gasteiger partial charge in [0.05, 0.1) is 6.61 Å². The maximum absolute atomic E-state index is 9.45. The standard InChI is InChI=1S/C16H25N3O/c1-2-4-14-9-13(12-20)10-16(17-14)19-8-7-18-6-3-5-15(18)11-19/h9-10,15,20H,2-8,11-12H2,1H3. The zero-order valence-electron chi connectivity index (χ0n) is 12.4. The molecule has 4 nitrogen and oxygen atoms in total. The highest BCUT2D eigenvalue weighted by Gasteiger charge is 2.31. The topological polar surface area (TPSA) is 39.6 Å². The van der Waals surface area contributed by atoms with Crippen LogP contribution in [0.4, 0.5) is 5.82 Å². The summed E-state index contributed by atoms with van der Waals surface area (Å²) < 4.78 is 0. The number of piperazine rings is 1. The van der Waals surface area contributed by atoms with E-state index in [2.05, 4.69) is 22.8 Å².